The molecule has 0 saturated heterocycles. The van der Waals surface area contributed by atoms with Crippen LogP contribution in [0.15, 0.2) is 0 Å². The minimum Gasteiger partial charge on any atom is -0.462 e. The van der Waals surface area contributed by atoms with E-state index in [2.05, 4.69) is 42.0 Å². The van der Waals surface area contributed by atoms with Crippen LogP contribution in [0.1, 0.15) is 239 Å². The van der Waals surface area contributed by atoms with Crippen molar-refractivity contribution in [2.45, 2.75) is 251 Å². The minimum atomic E-state index is 0.0273. The molecule has 0 spiro atoms. The van der Waals surface area contributed by atoms with E-state index in [-0.39, 0.29) is 12.1 Å². The molecule has 0 unspecified atom stereocenters. The van der Waals surface area contributed by atoms with Crippen molar-refractivity contribution in [2.24, 2.45) is 5.73 Å². The molecule has 0 atom stereocenters. The summed E-state index contributed by atoms with van der Waals surface area (Å²) in [6.07, 6.45) is 42.6. The summed E-state index contributed by atoms with van der Waals surface area (Å²) in [6, 6.07) is 0. The van der Waals surface area contributed by atoms with Crippen molar-refractivity contribution in [1.82, 2.24) is 4.90 Å². The van der Waals surface area contributed by atoms with E-state index in [0.29, 0.717) is 12.8 Å². The van der Waals surface area contributed by atoms with Crippen molar-refractivity contribution in [3.05, 3.63) is 0 Å². The molecular formula is C47H97AlN2O4. The molecule has 0 aliphatic heterocycles. The summed E-state index contributed by atoms with van der Waals surface area (Å²) < 4.78 is 11.0. The number of carbonyl (C=O) groups excluding carboxylic acids is 2. The zero-order valence-electron chi connectivity index (χ0n) is 37.5. The van der Waals surface area contributed by atoms with E-state index in [1.807, 2.05) is 5.79 Å². The number of ether oxygens (including phenoxy) is 2. The summed E-state index contributed by atoms with van der Waals surface area (Å²) >= 11 is 2.42. The monoisotopic (exact) mass is 781 g/mol. The SMILES string of the molecule is CCCCCCCCC(CCCCCCCC)OC(=O)CCCCCCCN(CCCN)CCCCCC=O.CCCCCCCCCCCOC.[CH3][Al]. The van der Waals surface area contributed by atoms with Gasteiger partial charge in [0.05, 0.1) is 0 Å². The highest BCUT2D eigenvalue weighted by Gasteiger charge is 2.14. The Bertz CT molecular complexity index is 658. The summed E-state index contributed by atoms with van der Waals surface area (Å²) in [5, 5.41) is 0. The Hall–Kier alpha value is -0.448. The maximum absolute atomic E-state index is 12.6. The smallest absolute Gasteiger partial charge is 0.306 e. The third-order valence-electron chi connectivity index (χ3n) is 10.3. The molecule has 0 aliphatic carbocycles. The number of esters is 1. The maximum atomic E-state index is 12.6. The fourth-order valence-electron chi connectivity index (χ4n) is 6.89. The first-order chi connectivity index (χ1) is 26.6. The third-order valence-corrected chi connectivity index (χ3v) is 10.3. The highest BCUT2D eigenvalue weighted by Crippen LogP contribution is 2.18. The first-order valence-electron chi connectivity index (χ1n) is 23.7. The van der Waals surface area contributed by atoms with E-state index in [4.69, 9.17) is 15.2 Å². The Morgan fingerprint density at radius 1 is 0.556 bits per heavy atom. The zero-order valence-corrected chi connectivity index (χ0v) is 38.6. The molecule has 0 aromatic heterocycles. The van der Waals surface area contributed by atoms with Crippen LogP contribution >= 0.6 is 0 Å². The number of aldehydes is 1. The molecule has 0 bridgehead atoms. The second-order valence-electron chi connectivity index (χ2n) is 15.6. The van der Waals surface area contributed by atoms with Crippen LogP contribution in [0.2, 0.25) is 5.79 Å². The average molecular weight is 781 g/mol. The van der Waals surface area contributed by atoms with Crippen LogP contribution in [0.5, 0.6) is 0 Å². The van der Waals surface area contributed by atoms with Crippen LogP contribution in [0.4, 0.5) is 0 Å². The molecule has 0 fully saturated rings. The van der Waals surface area contributed by atoms with Crippen molar-refractivity contribution in [2.75, 3.05) is 39.9 Å². The summed E-state index contributed by atoms with van der Waals surface area (Å²) in [5.74, 6) is 1.94. The van der Waals surface area contributed by atoms with E-state index in [1.165, 1.54) is 161 Å². The lowest BCUT2D eigenvalue weighted by Gasteiger charge is -2.22. The molecule has 0 heterocycles. The summed E-state index contributed by atoms with van der Waals surface area (Å²) in [6.45, 7) is 11.8. The molecule has 0 aliphatic rings. The Kier molecular flexibility index (Phi) is 58.6. The molecule has 2 N–H and O–H groups in total. The number of rotatable bonds is 42. The van der Waals surface area contributed by atoms with Gasteiger partial charge in [0.1, 0.15) is 28.7 Å². The van der Waals surface area contributed by atoms with Gasteiger partial charge in [-0.15, -0.1) is 5.79 Å². The molecule has 0 saturated carbocycles. The lowest BCUT2D eigenvalue weighted by molar-refractivity contribution is -0.150. The van der Waals surface area contributed by atoms with Gasteiger partial charge >= 0.3 is 5.97 Å². The van der Waals surface area contributed by atoms with Crippen molar-refractivity contribution in [3.63, 3.8) is 0 Å². The van der Waals surface area contributed by atoms with Gasteiger partial charge in [-0.25, -0.2) is 0 Å². The number of carbonyl (C=O) groups is 2. The van der Waals surface area contributed by atoms with Crippen molar-refractivity contribution in [3.8, 4) is 0 Å². The number of unbranched alkanes of at least 4 members (excludes halogenated alkanes) is 25. The van der Waals surface area contributed by atoms with Gasteiger partial charge in [-0.2, -0.15) is 0 Å². The minimum absolute atomic E-state index is 0.0273. The van der Waals surface area contributed by atoms with Crippen LogP contribution in [0.25, 0.3) is 0 Å². The molecular weight excluding hydrogens is 684 g/mol. The average Bonchev–Trinajstić information content (AvgIpc) is 3.19. The van der Waals surface area contributed by atoms with Gasteiger partial charge in [0.15, 0.2) is 0 Å². The molecule has 2 radical (unpaired) electrons. The summed E-state index contributed by atoms with van der Waals surface area (Å²) in [7, 11) is 1.78. The number of methoxy groups -OCH3 is 1. The van der Waals surface area contributed by atoms with Crippen LogP contribution in [-0.2, 0) is 19.1 Å². The lowest BCUT2D eigenvalue weighted by atomic mass is 10.0. The molecule has 0 aromatic carbocycles. The van der Waals surface area contributed by atoms with Crippen LogP contribution in [0, 0.1) is 0 Å². The fraction of sp³-hybridized carbons (Fsp3) is 0.957. The van der Waals surface area contributed by atoms with Crippen LogP contribution in [-0.4, -0.2) is 79.4 Å². The van der Waals surface area contributed by atoms with Gasteiger partial charge in [-0.1, -0.05) is 162 Å². The van der Waals surface area contributed by atoms with Gasteiger partial charge in [-0.3, -0.25) is 4.79 Å². The van der Waals surface area contributed by atoms with E-state index in [1.54, 1.807) is 7.11 Å². The summed E-state index contributed by atoms with van der Waals surface area (Å²) in [5.41, 5.74) is 5.72. The zero-order chi connectivity index (χ0) is 40.4. The largest absolute Gasteiger partial charge is 0.462 e. The first kappa shape index (κ1) is 57.9. The topological polar surface area (TPSA) is 81.9 Å². The van der Waals surface area contributed by atoms with Gasteiger partial charge in [0.2, 0.25) is 0 Å². The van der Waals surface area contributed by atoms with E-state index >= 15 is 0 Å². The second kappa shape index (κ2) is 54.7. The highest BCUT2D eigenvalue weighted by atomic mass is 27.0. The molecule has 54 heavy (non-hydrogen) atoms. The first-order valence-corrected chi connectivity index (χ1v) is 24.9. The molecule has 322 valence electrons. The Morgan fingerprint density at radius 3 is 1.39 bits per heavy atom. The Morgan fingerprint density at radius 2 is 0.944 bits per heavy atom. The van der Waals surface area contributed by atoms with Crippen molar-refractivity contribution < 1.29 is 19.1 Å². The van der Waals surface area contributed by atoms with Gasteiger partial charge in [0, 0.05) is 26.6 Å². The van der Waals surface area contributed by atoms with Gasteiger partial charge in [-0.05, 0) is 90.4 Å². The Balaban J connectivity index is -0.00000145. The fourth-order valence-corrected chi connectivity index (χ4v) is 6.89. The molecule has 6 nitrogen and oxygen atoms in total. The molecule has 7 heteroatoms. The van der Waals surface area contributed by atoms with E-state index in [0.717, 1.165) is 84.0 Å². The quantitative estimate of drug-likeness (QED) is 0.0287. The molecule has 0 aromatic rings. The van der Waals surface area contributed by atoms with Crippen molar-refractivity contribution in [1.29, 1.82) is 0 Å². The molecule has 0 amide bonds. The van der Waals surface area contributed by atoms with Crippen LogP contribution in [0.3, 0.4) is 0 Å². The lowest BCUT2D eigenvalue weighted by Crippen LogP contribution is -2.28. The number of hydrogen-bond acceptors (Lipinski definition) is 6. The van der Waals surface area contributed by atoms with E-state index in [9.17, 15) is 9.59 Å². The standard InChI is InChI=1S/C34H68N2O3.C12H26O.CH3.Al/c1-3-5-7-9-12-18-25-33(26-19-13-10-8-6-4-2)39-34(38)27-20-14-11-15-21-29-36(31-24-28-35)30-22-16-17-23-32-37;1-3-4-5-6-7-8-9-10-11-12-13-2;;/h32-33H,3-31,35H2,1-2H3;3-12H2,1-2H3;1H3;. The van der Waals surface area contributed by atoms with Crippen LogP contribution < -0.4 is 5.73 Å². The summed E-state index contributed by atoms with van der Waals surface area (Å²) in [4.78, 5) is 25.6. The predicted octanol–water partition coefficient (Wildman–Crippen LogP) is 13.5. The van der Waals surface area contributed by atoms with Gasteiger partial charge < -0.3 is 24.9 Å². The number of hydrogen-bond donors (Lipinski definition) is 1. The van der Waals surface area contributed by atoms with Gasteiger partial charge in [0.25, 0.3) is 0 Å². The number of nitrogens with two attached hydrogens (primary N) is 1. The third kappa shape index (κ3) is 51.6. The highest BCUT2D eigenvalue weighted by molar-refractivity contribution is 6.05. The molecule has 0 rings (SSSR count). The second-order valence-corrected chi connectivity index (χ2v) is 15.6. The van der Waals surface area contributed by atoms with Crippen molar-refractivity contribution >= 4 is 28.5 Å². The maximum Gasteiger partial charge on any atom is 0.306 e. The Labute approximate surface area is 347 Å². The normalized spacial score (nSPS) is 11.0. The van der Waals surface area contributed by atoms with E-state index < -0.39 is 0 Å². The number of nitrogens with zero attached hydrogens (tertiary/aromatic N) is 1. The predicted molar refractivity (Wildman–Crippen MR) is 239 cm³/mol.